The summed E-state index contributed by atoms with van der Waals surface area (Å²) in [4.78, 5) is 0.214. The van der Waals surface area contributed by atoms with Gasteiger partial charge in [0.25, 0.3) is 0 Å². The first-order chi connectivity index (χ1) is 8.58. The standard InChI is InChI=1S/C14H10Br2Cl2/c15-11(8-10-3-1-2-4-13(10)17)9-5-6-14(18)12(16)7-9/h1-7,11H,8H2. The maximum Gasteiger partial charge on any atom is 0.0548 e. The van der Waals surface area contributed by atoms with Crippen LogP contribution in [0.5, 0.6) is 0 Å². The van der Waals surface area contributed by atoms with E-state index >= 15 is 0 Å². The average molecular weight is 409 g/mol. The van der Waals surface area contributed by atoms with Crippen molar-refractivity contribution in [2.75, 3.05) is 0 Å². The van der Waals surface area contributed by atoms with Crippen molar-refractivity contribution in [1.82, 2.24) is 0 Å². The highest BCUT2D eigenvalue weighted by Gasteiger charge is 2.11. The van der Waals surface area contributed by atoms with Crippen molar-refractivity contribution in [2.24, 2.45) is 0 Å². The molecule has 0 amide bonds. The molecule has 18 heavy (non-hydrogen) atoms. The van der Waals surface area contributed by atoms with Crippen molar-refractivity contribution >= 4 is 55.1 Å². The quantitative estimate of drug-likeness (QED) is 0.513. The highest BCUT2D eigenvalue weighted by molar-refractivity contribution is 9.10. The number of hydrogen-bond donors (Lipinski definition) is 0. The van der Waals surface area contributed by atoms with Crippen molar-refractivity contribution in [3.8, 4) is 0 Å². The third kappa shape index (κ3) is 3.51. The maximum absolute atomic E-state index is 6.16. The van der Waals surface area contributed by atoms with Crippen LogP contribution in [0.2, 0.25) is 10.0 Å². The Morgan fingerprint density at radius 1 is 1.00 bits per heavy atom. The van der Waals surface area contributed by atoms with Crippen LogP contribution in [0.15, 0.2) is 46.9 Å². The minimum Gasteiger partial charge on any atom is -0.0840 e. The maximum atomic E-state index is 6.16. The zero-order valence-electron chi connectivity index (χ0n) is 9.34. The minimum absolute atomic E-state index is 0.214. The summed E-state index contributed by atoms with van der Waals surface area (Å²) in [7, 11) is 0. The van der Waals surface area contributed by atoms with Gasteiger partial charge < -0.3 is 0 Å². The summed E-state index contributed by atoms with van der Waals surface area (Å²) in [5.74, 6) is 0. The van der Waals surface area contributed by atoms with Crippen LogP contribution < -0.4 is 0 Å². The third-order valence-electron chi connectivity index (χ3n) is 2.66. The van der Waals surface area contributed by atoms with Gasteiger partial charge in [0.1, 0.15) is 0 Å². The number of alkyl halides is 1. The van der Waals surface area contributed by atoms with Gasteiger partial charge in [-0.1, -0.05) is 63.4 Å². The molecule has 1 atom stereocenters. The second kappa shape index (κ2) is 6.42. The first-order valence-electron chi connectivity index (χ1n) is 5.40. The van der Waals surface area contributed by atoms with E-state index in [1.165, 1.54) is 5.56 Å². The number of hydrogen-bond acceptors (Lipinski definition) is 0. The molecule has 2 aromatic rings. The molecule has 2 rings (SSSR count). The summed E-state index contributed by atoms with van der Waals surface area (Å²) in [6.07, 6.45) is 0.841. The Hall–Kier alpha value is -0.0200. The molecule has 0 saturated heterocycles. The molecule has 0 fully saturated rings. The molecule has 0 aromatic heterocycles. The summed E-state index contributed by atoms with van der Waals surface area (Å²) in [5.41, 5.74) is 2.30. The van der Waals surface area contributed by atoms with Crippen LogP contribution in [0.1, 0.15) is 16.0 Å². The van der Waals surface area contributed by atoms with Crippen LogP contribution in [-0.2, 0) is 6.42 Å². The van der Waals surface area contributed by atoms with Gasteiger partial charge in [-0.05, 0) is 51.7 Å². The summed E-state index contributed by atoms with van der Waals surface area (Å²) < 4.78 is 0.908. The Morgan fingerprint density at radius 3 is 2.39 bits per heavy atom. The van der Waals surface area contributed by atoms with Gasteiger partial charge in [0, 0.05) is 14.3 Å². The van der Waals surface area contributed by atoms with Gasteiger partial charge >= 0.3 is 0 Å². The fourth-order valence-electron chi connectivity index (χ4n) is 1.68. The molecule has 0 aliphatic carbocycles. The predicted molar refractivity (Wildman–Crippen MR) is 86.0 cm³/mol. The van der Waals surface area contributed by atoms with Gasteiger partial charge in [-0.15, -0.1) is 0 Å². The molecule has 0 aliphatic heterocycles. The fourth-order valence-corrected chi connectivity index (χ4v) is 3.04. The van der Waals surface area contributed by atoms with Crippen molar-refractivity contribution in [3.05, 3.63) is 68.1 Å². The first-order valence-corrected chi connectivity index (χ1v) is 7.87. The molecular formula is C14H10Br2Cl2. The van der Waals surface area contributed by atoms with E-state index in [1.807, 2.05) is 42.5 Å². The zero-order valence-corrected chi connectivity index (χ0v) is 14.0. The lowest BCUT2D eigenvalue weighted by molar-refractivity contribution is 0.948. The largest absolute Gasteiger partial charge is 0.0840 e. The lowest BCUT2D eigenvalue weighted by Crippen LogP contribution is -1.96. The smallest absolute Gasteiger partial charge is 0.0548 e. The molecule has 4 heteroatoms. The van der Waals surface area contributed by atoms with Gasteiger partial charge in [0.05, 0.1) is 5.02 Å². The summed E-state index contributed by atoms with van der Waals surface area (Å²) in [5, 5.41) is 1.52. The third-order valence-corrected chi connectivity index (χ3v) is 5.10. The van der Waals surface area contributed by atoms with Crippen molar-refractivity contribution in [3.63, 3.8) is 0 Å². The Kier molecular flexibility index (Phi) is 5.14. The minimum atomic E-state index is 0.214. The average Bonchev–Trinajstić information content (AvgIpc) is 2.35. The van der Waals surface area contributed by atoms with E-state index in [1.54, 1.807) is 0 Å². The lowest BCUT2D eigenvalue weighted by atomic mass is 10.0. The van der Waals surface area contributed by atoms with Gasteiger partial charge in [-0.3, -0.25) is 0 Å². The molecule has 0 bridgehead atoms. The first kappa shape index (κ1) is 14.4. The van der Waals surface area contributed by atoms with E-state index < -0.39 is 0 Å². The highest BCUT2D eigenvalue weighted by atomic mass is 79.9. The fraction of sp³-hybridized carbons (Fsp3) is 0.143. The molecule has 94 valence electrons. The van der Waals surface area contributed by atoms with Gasteiger partial charge in [-0.25, -0.2) is 0 Å². The Labute approximate surface area is 134 Å². The Bertz CT molecular complexity index is 555. The van der Waals surface area contributed by atoms with Crippen LogP contribution in [0, 0.1) is 0 Å². The van der Waals surface area contributed by atoms with E-state index in [2.05, 4.69) is 31.9 Å². The Balaban J connectivity index is 2.19. The molecule has 0 spiro atoms. The molecule has 0 nitrogen and oxygen atoms in total. The van der Waals surface area contributed by atoms with Gasteiger partial charge in [0.2, 0.25) is 0 Å². The second-order valence-corrected chi connectivity index (χ2v) is 6.71. The molecule has 0 saturated carbocycles. The van der Waals surface area contributed by atoms with E-state index in [-0.39, 0.29) is 4.83 Å². The summed E-state index contributed by atoms with van der Waals surface area (Å²) in [6, 6.07) is 13.8. The molecule has 1 unspecified atom stereocenters. The van der Waals surface area contributed by atoms with Crippen molar-refractivity contribution in [1.29, 1.82) is 0 Å². The molecular weight excluding hydrogens is 399 g/mol. The van der Waals surface area contributed by atoms with E-state index in [0.29, 0.717) is 0 Å². The second-order valence-electron chi connectivity index (χ2n) is 3.94. The number of halogens is 4. The Morgan fingerprint density at radius 2 is 1.72 bits per heavy atom. The van der Waals surface area contributed by atoms with Crippen LogP contribution in [0.4, 0.5) is 0 Å². The molecule has 0 aliphatic rings. The molecule has 0 N–H and O–H groups in total. The van der Waals surface area contributed by atoms with Crippen LogP contribution in [0.25, 0.3) is 0 Å². The SMILES string of the molecule is Clc1ccc(C(Br)Cc2ccccc2Cl)cc1Br. The number of benzene rings is 2. The summed E-state index contributed by atoms with van der Waals surface area (Å²) in [6.45, 7) is 0. The van der Waals surface area contributed by atoms with Crippen LogP contribution >= 0.6 is 55.1 Å². The monoisotopic (exact) mass is 406 g/mol. The van der Waals surface area contributed by atoms with Crippen molar-refractivity contribution < 1.29 is 0 Å². The van der Waals surface area contributed by atoms with Gasteiger partial charge in [-0.2, -0.15) is 0 Å². The van der Waals surface area contributed by atoms with Crippen LogP contribution in [0.3, 0.4) is 0 Å². The van der Waals surface area contributed by atoms with E-state index in [9.17, 15) is 0 Å². The number of rotatable bonds is 3. The molecule has 2 aromatic carbocycles. The van der Waals surface area contributed by atoms with Crippen molar-refractivity contribution in [2.45, 2.75) is 11.2 Å². The molecule has 0 radical (unpaired) electrons. The highest BCUT2D eigenvalue weighted by Crippen LogP contribution is 2.33. The molecule has 0 heterocycles. The van der Waals surface area contributed by atoms with Crippen LogP contribution in [-0.4, -0.2) is 0 Å². The predicted octanol–water partition coefficient (Wildman–Crippen LogP) is 6.43. The summed E-state index contributed by atoms with van der Waals surface area (Å²) >= 11 is 19.3. The lowest BCUT2D eigenvalue weighted by Gasteiger charge is -2.12. The zero-order chi connectivity index (χ0) is 13.1. The van der Waals surface area contributed by atoms with Gasteiger partial charge in [0.15, 0.2) is 0 Å². The topological polar surface area (TPSA) is 0 Å². The van der Waals surface area contributed by atoms with E-state index in [0.717, 1.165) is 26.5 Å². The normalized spacial score (nSPS) is 12.4. The van der Waals surface area contributed by atoms with E-state index in [4.69, 9.17) is 23.2 Å².